The van der Waals surface area contributed by atoms with Crippen LogP contribution >= 0.6 is 22.9 Å². The highest BCUT2D eigenvalue weighted by Crippen LogP contribution is 2.43. The van der Waals surface area contributed by atoms with Crippen LogP contribution in [0.5, 0.6) is 11.5 Å². The van der Waals surface area contributed by atoms with Crippen LogP contribution in [0.15, 0.2) is 76.8 Å². The fourth-order valence-electron chi connectivity index (χ4n) is 10.1. The summed E-state index contributed by atoms with van der Waals surface area (Å²) in [5.41, 5.74) is 5.23. The number of phenolic OH excluding ortho intramolecular Hbond substituents is 1. The van der Waals surface area contributed by atoms with Crippen LogP contribution in [-0.4, -0.2) is 140 Å². The number of carbonyl (C=O) groups excluding carboxylic acids is 4. The number of fused-ring (bicyclic) bond motifs is 2. The summed E-state index contributed by atoms with van der Waals surface area (Å²) in [6.07, 6.45) is -0.401. The largest absolute Gasteiger partial charge is 0.508 e. The maximum absolute atomic E-state index is 17.2. The van der Waals surface area contributed by atoms with E-state index in [0.29, 0.717) is 82.9 Å². The Morgan fingerprint density at radius 2 is 1.79 bits per heavy atom. The SMILES string of the molecule is CCC(=O)N1CCN(c2nc(NCCC(=O)N(C)CCOc3cc(-c4scnc4C)ccc3CNC(=O)[C@@H]3C[C@@H](O)CN3C(=O)[C@@H](c3cc(C)no3)C(C)C)nc3c(F)c(-c4cc(O)cc5ccccc45)c(Cl)cc23)CC1. The first-order chi connectivity index (χ1) is 37.0. The number of aliphatic hydroxyl groups excluding tert-OH is 1. The van der Waals surface area contributed by atoms with Crippen molar-refractivity contribution in [2.75, 3.05) is 69.7 Å². The van der Waals surface area contributed by atoms with E-state index in [9.17, 15) is 29.4 Å². The molecule has 3 atom stereocenters. The molecule has 0 unspecified atom stereocenters. The minimum atomic E-state index is -0.917. The number of nitrogens with one attached hydrogen (secondary N) is 2. The van der Waals surface area contributed by atoms with E-state index in [1.54, 1.807) is 47.5 Å². The smallest absolute Gasteiger partial charge is 0.243 e. The molecule has 77 heavy (non-hydrogen) atoms. The van der Waals surface area contributed by atoms with Crippen LogP contribution in [0, 0.1) is 25.6 Å². The van der Waals surface area contributed by atoms with E-state index in [-0.39, 0.29) is 97.1 Å². The predicted molar refractivity (Wildman–Crippen MR) is 294 cm³/mol. The van der Waals surface area contributed by atoms with Gasteiger partial charge >= 0.3 is 0 Å². The highest BCUT2D eigenvalue weighted by Gasteiger charge is 2.43. The lowest BCUT2D eigenvalue weighted by atomic mass is 9.91. The van der Waals surface area contributed by atoms with Gasteiger partial charge in [0.15, 0.2) is 5.82 Å². The average Bonchev–Trinajstić information content (AvgIpc) is 4.18. The fraction of sp³-hybridized carbons (Fsp3) is 0.393. The van der Waals surface area contributed by atoms with E-state index in [1.807, 2.05) is 75.1 Å². The first-order valence-electron chi connectivity index (χ1n) is 25.8. The topological polar surface area (TPSA) is 220 Å². The summed E-state index contributed by atoms with van der Waals surface area (Å²) >= 11 is 8.42. The molecule has 0 spiro atoms. The number of aromatic nitrogens is 4. The Morgan fingerprint density at radius 1 is 1.01 bits per heavy atom. The van der Waals surface area contributed by atoms with Crippen LogP contribution in [0.3, 0.4) is 0 Å². The zero-order chi connectivity index (χ0) is 54.7. The minimum absolute atomic E-state index is 0.00378. The Labute approximate surface area is 454 Å². The third-order valence-electron chi connectivity index (χ3n) is 14.2. The van der Waals surface area contributed by atoms with Gasteiger partial charge < -0.3 is 49.7 Å². The van der Waals surface area contributed by atoms with Crippen molar-refractivity contribution in [1.29, 1.82) is 0 Å². The molecular formula is C56H62ClFN10O8S. The normalized spacial score (nSPS) is 16.1. The number of aryl methyl sites for hydroxylation is 2. The lowest BCUT2D eigenvalue weighted by Crippen LogP contribution is -2.49. The lowest BCUT2D eigenvalue weighted by molar-refractivity contribution is -0.141. The molecule has 7 aromatic rings. The van der Waals surface area contributed by atoms with Gasteiger partial charge in [0.2, 0.25) is 29.6 Å². The number of anilines is 2. The predicted octanol–water partition coefficient (Wildman–Crippen LogP) is 8.09. The summed E-state index contributed by atoms with van der Waals surface area (Å²) in [4.78, 5) is 75.7. The van der Waals surface area contributed by atoms with Crippen molar-refractivity contribution in [2.24, 2.45) is 5.92 Å². The third kappa shape index (κ3) is 11.8. The van der Waals surface area contributed by atoms with Crippen LogP contribution in [0.1, 0.15) is 68.7 Å². The molecule has 0 radical (unpaired) electrons. The van der Waals surface area contributed by atoms with Gasteiger partial charge in [0, 0.05) is 94.7 Å². The number of hydrogen-bond acceptors (Lipinski definition) is 15. The number of likely N-dealkylation sites (N-methyl/N-ethyl adjacent to an activating group) is 1. The summed E-state index contributed by atoms with van der Waals surface area (Å²) in [7, 11) is 1.67. The molecule has 9 rings (SSSR count). The molecule has 5 heterocycles. The number of benzene rings is 4. The Bertz CT molecular complexity index is 3350. The maximum Gasteiger partial charge on any atom is 0.243 e. The number of aliphatic hydroxyl groups is 1. The van der Waals surface area contributed by atoms with E-state index in [1.165, 1.54) is 22.3 Å². The Hall–Kier alpha value is -7.42. The van der Waals surface area contributed by atoms with Crippen molar-refractivity contribution < 1.29 is 43.0 Å². The molecule has 2 fully saturated rings. The molecule has 4 N–H and O–H groups in total. The second-order valence-electron chi connectivity index (χ2n) is 19.9. The Balaban J connectivity index is 0.881. The molecule has 21 heteroatoms. The van der Waals surface area contributed by atoms with Gasteiger partial charge in [0.25, 0.3) is 0 Å². The van der Waals surface area contributed by atoms with Gasteiger partial charge in [-0.1, -0.05) is 73.9 Å². The van der Waals surface area contributed by atoms with Crippen LogP contribution in [0.4, 0.5) is 16.2 Å². The third-order valence-corrected chi connectivity index (χ3v) is 15.5. The number of piperazine rings is 1. The zero-order valence-corrected chi connectivity index (χ0v) is 45.4. The van der Waals surface area contributed by atoms with E-state index in [2.05, 4.69) is 25.8 Å². The lowest BCUT2D eigenvalue weighted by Gasteiger charge is -2.36. The standard InChI is InChI=1S/C56H62ClFN10O8S/c1-7-46(71)66-16-18-67(19-17-66)53-41-27-42(57)49(40-25-37(69)23-34-10-8-9-11-39(34)40)50(58)51(41)62-56(63-53)59-15-14-47(72)65(6)20-21-75-44-24-35(52-33(5)61-30-77-52)12-13-36(44)28-60-54(73)43-26-38(70)29-68(43)55(74)48(31(2)3)45-22-32(4)64-76-45/h8-13,22-25,27,30-31,38,43,48,69-70H,7,14-21,26,28-29H2,1-6H3,(H,60,73)(H,59,62,63)/t38-,43+,48-/m1/s1. The number of rotatable bonds is 18. The van der Waals surface area contributed by atoms with E-state index < -0.39 is 29.8 Å². The summed E-state index contributed by atoms with van der Waals surface area (Å²) in [5, 5.41) is 33.4. The number of carbonyl (C=O) groups is 4. The van der Waals surface area contributed by atoms with E-state index in [4.69, 9.17) is 25.8 Å². The molecule has 404 valence electrons. The van der Waals surface area contributed by atoms with Gasteiger partial charge in [-0.05, 0) is 65.9 Å². The second-order valence-corrected chi connectivity index (χ2v) is 21.1. The fourth-order valence-corrected chi connectivity index (χ4v) is 11.2. The van der Waals surface area contributed by atoms with Crippen molar-refractivity contribution in [3.63, 3.8) is 0 Å². The summed E-state index contributed by atoms with van der Waals surface area (Å²) in [5.74, 6) is -1.13. The molecule has 2 saturated heterocycles. The maximum atomic E-state index is 17.2. The van der Waals surface area contributed by atoms with Crippen LogP contribution < -0.4 is 20.3 Å². The first kappa shape index (κ1) is 54.4. The van der Waals surface area contributed by atoms with Gasteiger partial charge in [-0.15, -0.1) is 11.3 Å². The van der Waals surface area contributed by atoms with Gasteiger partial charge in [0.05, 0.1) is 39.4 Å². The van der Waals surface area contributed by atoms with Crippen LogP contribution in [0.25, 0.3) is 43.2 Å². The molecule has 4 aromatic carbocycles. The molecule has 0 saturated carbocycles. The highest BCUT2D eigenvalue weighted by molar-refractivity contribution is 7.13. The molecular weight excluding hydrogens is 1030 g/mol. The average molecular weight is 1090 g/mol. The number of nitrogens with zero attached hydrogens (tertiary/aromatic N) is 8. The van der Waals surface area contributed by atoms with Crippen molar-refractivity contribution >= 4 is 80.0 Å². The van der Waals surface area contributed by atoms with E-state index >= 15 is 4.39 Å². The van der Waals surface area contributed by atoms with Crippen molar-refractivity contribution in [2.45, 2.75) is 78.5 Å². The first-order valence-corrected chi connectivity index (χ1v) is 27.0. The molecule has 2 aliphatic rings. The van der Waals surface area contributed by atoms with Gasteiger partial charge in [-0.2, -0.15) is 4.98 Å². The number of amides is 4. The quantitative estimate of drug-likeness (QED) is 0.0639. The van der Waals surface area contributed by atoms with Gasteiger partial charge in [-0.25, -0.2) is 14.4 Å². The monoisotopic (exact) mass is 1090 g/mol. The molecule has 18 nitrogen and oxygen atoms in total. The summed E-state index contributed by atoms with van der Waals surface area (Å²) in [6.45, 7) is 11.5. The summed E-state index contributed by atoms with van der Waals surface area (Å²) in [6, 6.07) is 18.5. The van der Waals surface area contributed by atoms with Crippen molar-refractivity contribution in [1.82, 2.24) is 40.1 Å². The number of aromatic hydroxyl groups is 1. The van der Waals surface area contributed by atoms with Gasteiger partial charge in [-0.3, -0.25) is 19.2 Å². The van der Waals surface area contributed by atoms with Crippen LogP contribution in [-0.2, 0) is 25.7 Å². The van der Waals surface area contributed by atoms with Gasteiger partial charge in [0.1, 0.15) is 47.2 Å². The highest BCUT2D eigenvalue weighted by atomic mass is 35.5. The number of β-amino-alcohol motifs (C(OH)–C–C–N with tert-alkyl or cyclic N) is 1. The van der Waals surface area contributed by atoms with Crippen molar-refractivity contribution in [3.05, 3.63) is 106 Å². The molecule has 2 aliphatic heterocycles. The molecule has 3 aromatic heterocycles. The number of phenols is 1. The number of likely N-dealkylation sites (tertiary alicyclic amines) is 1. The number of thiazole rings is 1. The Morgan fingerprint density at radius 3 is 2.51 bits per heavy atom. The number of halogens is 2. The second kappa shape index (κ2) is 23.4. The summed E-state index contributed by atoms with van der Waals surface area (Å²) < 4.78 is 29.0. The molecule has 0 aliphatic carbocycles. The van der Waals surface area contributed by atoms with Crippen LogP contribution in [0.2, 0.25) is 5.02 Å². The van der Waals surface area contributed by atoms with E-state index in [0.717, 1.165) is 16.1 Å². The number of hydrogen-bond donors (Lipinski definition) is 4. The van der Waals surface area contributed by atoms with Crippen molar-refractivity contribution in [3.8, 4) is 33.1 Å². The Kier molecular flexibility index (Phi) is 16.6. The minimum Gasteiger partial charge on any atom is -0.508 e. The molecule has 4 amide bonds. The molecule has 0 bridgehead atoms. The number of ether oxygens (including phenoxy) is 1. The zero-order valence-electron chi connectivity index (χ0n) is 43.8.